The third kappa shape index (κ3) is 5.17. The number of nitrogens with zero attached hydrogens (tertiary/aromatic N) is 2. The lowest BCUT2D eigenvalue weighted by Crippen LogP contribution is -2.39. The van der Waals surface area contributed by atoms with E-state index in [2.05, 4.69) is 27.8 Å². The second-order valence-corrected chi connectivity index (χ2v) is 7.04. The number of aliphatic imine (C=N–C) groups is 1. The number of ether oxygens (including phenoxy) is 1. The zero-order valence-corrected chi connectivity index (χ0v) is 17.5. The Labute approximate surface area is 177 Å². The summed E-state index contributed by atoms with van der Waals surface area (Å²) in [6, 6.07) is 15.0. The Morgan fingerprint density at radius 2 is 1.57 bits per heavy atom. The Morgan fingerprint density at radius 1 is 0.933 bits per heavy atom. The maximum absolute atomic E-state index is 12.3. The van der Waals surface area contributed by atoms with Gasteiger partial charge in [-0.2, -0.15) is 0 Å². The van der Waals surface area contributed by atoms with E-state index < -0.39 is 0 Å². The maximum Gasteiger partial charge on any atom is 0.261 e. The molecular weight excluding hydrogens is 380 g/mol. The molecular formula is C23H28N4O3. The van der Waals surface area contributed by atoms with Gasteiger partial charge in [0.25, 0.3) is 11.8 Å². The molecule has 2 aromatic rings. The van der Waals surface area contributed by atoms with E-state index in [0.717, 1.165) is 37.5 Å². The highest BCUT2D eigenvalue weighted by molar-refractivity contribution is 6.21. The van der Waals surface area contributed by atoms with Gasteiger partial charge in [-0.3, -0.25) is 19.5 Å². The summed E-state index contributed by atoms with van der Waals surface area (Å²) in [5, 5.41) is 6.56. The van der Waals surface area contributed by atoms with Crippen molar-refractivity contribution in [2.75, 3.05) is 33.8 Å². The number of hydrogen-bond donors (Lipinski definition) is 2. The fourth-order valence-corrected chi connectivity index (χ4v) is 3.38. The second-order valence-electron chi connectivity index (χ2n) is 7.04. The van der Waals surface area contributed by atoms with Gasteiger partial charge in [0.1, 0.15) is 5.75 Å². The Balaban J connectivity index is 1.33. The molecule has 0 radical (unpaired) electrons. The Kier molecular flexibility index (Phi) is 7.43. The predicted molar refractivity (Wildman–Crippen MR) is 117 cm³/mol. The molecule has 0 saturated carbocycles. The molecule has 158 valence electrons. The smallest absolute Gasteiger partial charge is 0.261 e. The quantitative estimate of drug-likeness (QED) is 0.288. The van der Waals surface area contributed by atoms with Crippen molar-refractivity contribution < 1.29 is 14.3 Å². The summed E-state index contributed by atoms with van der Waals surface area (Å²) in [6.45, 7) is 1.91. The number of fused-ring (bicyclic) bond motifs is 1. The maximum atomic E-state index is 12.3. The van der Waals surface area contributed by atoms with E-state index in [4.69, 9.17) is 4.74 Å². The molecule has 3 rings (SSSR count). The number of unbranched alkanes of at least 4 members (excludes halogenated alkanes) is 1. The highest BCUT2D eigenvalue weighted by Gasteiger charge is 2.34. The average Bonchev–Trinajstić information content (AvgIpc) is 3.03. The summed E-state index contributed by atoms with van der Waals surface area (Å²) >= 11 is 0. The lowest BCUT2D eigenvalue weighted by molar-refractivity contribution is 0.0652. The van der Waals surface area contributed by atoms with Crippen LogP contribution in [0.5, 0.6) is 5.75 Å². The van der Waals surface area contributed by atoms with Gasteiger partial charge in [-0.1, -0.05) is 24.3 Å². The average molecular weight is 409 g/mol. The third-order valence-corrected chi connectivity index (χ3v) is 5.07. The van der Waals surface area contributed by atoms with E-state index in [1.54, 1.807) is 38.4 Å². The summed E-state index contributed by atoms with van der Waals surface area (Å²) in [5.41, 5.74) is 2.23. The number of rotatable bonds is 9. The van der Waals surface area contributed by atoms with Crippen LogP contribution in [-0.2, 0) is 6.42 Å². The van der Waals surface area contributed by atoms with E-state index in [1.807, 2.05) is 12.1 Å². The van der Waals surface area contributed by atoms with E-state index >= 15 is 0 Å². The molecule has 7 nitrogen and oxygen atoms in total. The van der Waals surface area contributed by atoms with Crippen molar-refractivity contribution in [2.45, 2.75) is 19.3 Å². The highest BCUT2D eigenvalue weighted by atomic mass is 16.5. The van der Waals surface area contributed by atoms with Gasteiger partial charge in [-0.05, 0) is 49.1 Å². The van der Waals surface area contributed by atoms with Crippen LogP contribution in [0.15, 0.2) is 53.5 Å². The zero-order chi connectivity index (χ0) is 21.3. The van der Waals surface area contributed by atoms with E-state index in [0.29, 0.717) is 24.2 Å². The molecule has 1 aliphatic heterocycles. The number of guanidine groups is 1. The molecule has 30 heavy (non-hydrogen) atoms. The molecule has 2 aromatic carbocycles. The predicted octanol–water partition coefficient (Wildman–Crippen LogP) is 2.48. The van der Waals surface area contributed by atoms with Gasteiger partial charge < -0.3 is 15.4 Å². The molecule has 1 aliphatic rings. The number of imide groups is 1. The lowest BCUT2D eigenvalue weighted by atomic mass is 10.1. The second kappa shape index (κ2) is 10.4. The van der Waals surface area contributed by atoms with Crippen molar-refractivity contribution in [2.24, 2.45) is 4.99 Å². The number of carbonyl (C=O) groups excluding carboxylic acids is 2. The molecule has 0 saturated heterocycles. The minimum absolute atomic E-state index is 0.195. The van der Waals surface area contributed by atoms with Crippen molar-refractivity contribution in [1.82, 2.24) is 15.5 Å². The normalized spacial score (nSPS) is 13.4. The first-order valence-electron chi connectivity index (χ1n) is 10.2. The van der Waals surface area contributed by atoms with Crippen molar-refractivity contribution in [1.29, 1.82) is 0 Å². The fraction of sp³-hybridized carbons (Fsp3) is 0.348. The van der Waals surface area contributed by atoms with E-state index in [-0.39, 0.29) is 11.8 Å². The van der Waals surface area contributed by atoms with E-state index in [9.17, 15) is 9.59 Å². The molecule has 0 fully saturated rings. The number of hydrogen-bond acceptors (Lipinski definition) is 4. The highest BCUT2D eigenvalue weighted by Crippen LogP contribution is 2.22. The van der Waals surface area contributed by atoms with Crippen LogP contribution >= 0.6 is 0 Å². The first-order chi connectivity index (χ1) is 14.6. The van der Waals surface area contributed by atoms with Crippen LogP contribution in [0, 0.1) is 0 Å². The number of amides is 2. The minimum atomic E-state index is -0.195. The largest absolute Gasteiger partial charge is 0.497 e. The third-order valence-electron chi connectivity index (χ3n) is 5.07. The molecule has 0 bridgehead atoms. The Morgan fingerprint density at radius 3 is 2.17 bits per heavy atom. The lowest BCUT2D eigenvalue weighted by Gasteiger charge is -2.15. The van der Waals surface area contributed by atoms with Crippen LogP contribution in [0.4, 0.5) is 0 Å². The number of nitrogens with one attached hydrogen (secondary N) is 2. The van der Waals surface area contributed by atoms with Crippen LogP contribution in [0.25, 0.3) is 0 Å². The van der Waals surface area contributed by atoms with Crippen molar-refractivity contribution in [3.8, 4) is 5.75 Å². The van der Waals surface area contributed by atoms with Crippen LogP contribution < -0.4 is 15.4 Å². The van der Waals surface area contributed by atoms with Gasteiger partial charge in [0, 0.05) is 26.7 Å². The van der Waals surface area contributed by atoms with Gasteiger partial charge in [0.05, 0.1) is 18.2 Å². The summed E-state index contributed by atoms with van der Waals surface area (Å²) in [4.78, 5) is 30.3. The molecule has 0 atom stereocenters. The van der Waals surface area contributed by atoms with Crippen molar-refractivity contribution in [3.05, 3.63) is 65.2 Å². The van der Waals surface area contributed by atoms with Gasteiger partial charge >= 0.3 is 0 Å². The standard InChI is InChI=1S/C23H28N4O3/c1-24-23(26-15-13-17-9-11-18(30-2)12-10-17)25-14-5-6-16-27-21(28)19-7-3-4-8-20(19)22(27)29/h3-4,7-12H,5-6,13-16H2,1-2H3,(H2,24,25,26). The molecule has 2 amide bonds. The van der Waals surface area contributed by atoms with Gasteiger partial charge in [-0.15, -0.1) is 0 Å². The fourth-order valence-electron chi connectivity index (χ4n) is 3.38. The first kappa shape index (κ1) is 21.4. The SMILES string of the molecule is CN=C(NCCCCN1C(=O)c2ccccc2C1=O)NCCc1ccc(OC)cc1. The monoisotopic (exact) mass is 408 g/mol. The number of carbonyl (C=O) groups is 2. The summed E-state index contributed by atoms with van der Waals surface area (Å²) < 4.78 is 5.17. The van der Waals surface area contributed by atoms with Gasteiger partial charge in [-0.25, -0.2) is 0 Å². The van der Waals surface area contributed by atoms with Crippen LogP contribution in [0.3, 0.4) is 0 Å². The summed E-state index contributed by atoms with van der Waals surface area (Å²) in [7, 11) is 3.40. The van der Waals surface area contributed by atoms with Crippen molar-refractivity contribution in [3.63, 3.8) is 0 Å². The topological polar surface area (TPSA) is 83.0 Å². The van der Waals surface area contributed by atoms with E-state index in [1.165, 1.54) is 10.5 Å². The minimum Gasteiger partial charge on any atom is -0.497 e. The van der Waals surface area contributed by atoms with Crippen LogP contribution in [-0.4, -0.2) is 56.5 Å². The molecule has 0 unspecified atom stereocenters. The molecule has 0 aromatic heterocycles. The molecule has 2 N–H and O–H groups in total. The number of methoxy groups -OCH3 is 1. The zero-order valence-electron chi connectivity index (χ0n) is 17.5. The first-order valence-corrected chi connectivity index (χ1v) is 10.2. The molecule has 1 heterocycles. The van der Waals surface area contributed by atoms with Crippen LogP contribution in [0.1, 0.15) is 39.1 Å². The molecule has 0 spiro atoms. The summed E-state index contributed by atoms with van der Waals surface area (Å²) in [5.74, 6) is 1.20. The van der Waals surface area contributed by atoms with Crippen LogP contribution in [0.2, 0.25) is 0 Å². The molecule has 0 aliphatic carbocycles. The van der Waals surface area contributed by atoms with Gasteiger partial charge in [0.15, 0.2) is 5.96 Å². The Hall–Kier alpha value is -3.35. The van der Waals surface area contributed by atoms with Gasteiger partial charge in [0.2, 0.25) is 0 Å². The van der Waals surface area contributed by atoms with Crippen molar-refractivity contribution >= 4 is 17.8 Å². The number of benzene rings is 2. The summed E-state index contributed by atoms with van der Waals surface area (Å²) in [6.07, 6.45) is 2.44. The molecule has 7 heteroatoms. The Bertz CT molecular complexity index is 874.